The average molecular weight is 139 g/mol. The maximum atomic E-state index is 5.12. The third-order valence-electron chi connectivity index (χ3n) is 1.01. The number of aryl methyl sites for hydroxylation is 1. The van der Waals surface area contributed by atoms with Crippen LogP contribution in [0, 0.1) is 6.92 Å². The van der Waals surface area contributed by atoms with Crippen molar-refractivity contribution in [1.29, 1.82) is 0 Å². The lowest BCUT2D eigenvalue weighted by molar-refractivity contribution is 0.326. The standard InChI is InChI=1S/C6H9N3O/c1-5-8-2-6(3-9-5)10-4-7/h2-3H,4,7H2,1H3. The Morgan fingerprint density at radius 3 is 2.60 bits per heavy atom. The van der Waals surface area contributed by atoms with E-state index in [-0.39, 0.29) is 6.73 Å². The van der Waals surface area contributed by atoms with Gasteiger partial charge in [0, 0.05) is 0 Å². The Morgan fingerprint density at radius 2 is 2.10 bits per heavy atom. The maximum Gasteiger partial charge on any atom is 0.157 e. The molecule has 0 aliphatic rings. The largest absolute Gasteiger partial charge is 0.475 e. The molecule has 0 radical (unpaired) electrons. The first-order chi connectivity index (χ1) is 4.83. The molecule has 0 unspecified atom stereocenters. The zero-order valence-corrected chi connectivity index (χ0v) is 5.74. The van der Waals surface area contributed by atoms with E-state index in [1.54, 1.807) is 12.4 Å². The van der Waals surface area contributed by atoms with Crippen molar-refractivity contribution in [1.82, 2.24) is 9.97 Å². The Hall–Kier alpha value is -1.16. The summed E-state index contributed by atoms with van der Waals surface area (Å²) in [5, 5.41) is 0. The summed E-state index contributed by atoms with van der Waals surface area (Å²) in [4.78, 5) is 7.81. The second-order valence-corrected chi connectivity index (χ2v) is 1.78. The number of nitrogens with two attached hydrogens (primary N) is 1. The van der Waals surface area contributed by atoms with Crippen molar-refractivity contribution >= 4 is 0 Å². The predicted octanol–water partition coefficient (Wildman–Crippen LogP) is 0.0800. The van der Waals surface area contributed by atoms with Crippen molar-refractivity contribution in [3.05, 3.63) is 18.2 Å². The molecule has 1 heterocycles. The van der Waals surface area contributed by atoms with Crippen LogP contribution in [0.25, 0.3) is 0 Å². The maximum absolute atomic E-state index is 5.12. The van der Waals surface area contributed by atoms with Gasteiger partial charge in [-0.1, -0.05) is 0 Å². The number of hydrogen-bond donors (Lipinski definition) is 1. The van der Waals surface area contributed by atoms with E-state index >= 15 is 0 Å². The summed E-state index contributed by atoms with van der Waals surface area (Å²) < 4.78 is 4.91. The van der Waals surface area contributed by atoms with Gasteiger partial charge in [0.15, 0.2) is 5.75 Å². The molecule has 0 fully saturated rings. The minimum absolute atomic E-state index is 0.159. The fraction of sp³-hybridized carbons (Fsp3) is 0.333. The van der Waals surface area contributed by atoms with Crippen molar-refractivity contribution in [3.63, 3.8) is 0 Å². The van der Waals surface area contributed by atoms with Gasteiger partial charge in [-0.15, -0.1) is 0 Å². The van der Waals surface area contributed by atoms with Crippen molar-refractivity contribution < 1.29 is 4.74 Å². The molecule has 0 atom stereocenters. The highest BCUT2D eigenvalue weighted by molar-refractivity contribution is 5.11. The lowest BCUT2D eigenvalue weighted by Gasteiger charge is -1.99. The molecule has 0 bridgehead atoms. The number of ether oxygens (including phenoxy) is 1. The van der Waals surface area contributed by atoms with Gasteiger partial charge < -0.3 is 4.74 Å². The van der Waals surface area contributed by atoms with Crippen LogP contribution >= 0.6 is 0 Å². The molecule has 4 heteroatoms. The van der Waals surface area contributed by atoms with E-state index in [9.17, 15) is 0 Å². The van der Waals surface area contributed by atoms with Crippen molar-refractivity contribution in [3.8, 4) is 5.75 Å². The van der Waals surface area contributed by atoms with Crippen molar-refractivity contribution in [2.24, 2.45) is 5.73 Å². The number of aromatic nitrogens is 2. The van der Waals surface area contributed by atoms with Crippen LogP contribution in [-0.2, 0) is 0 Å². The molecule has 1 aromatic rings. The van der Waals surface area contributed by atoms with Gasteiger partial charge in [-0.2, -0.15) is 0 Å². The second kappa shape index (κ2) is 3.12. The van der Waals surface area contributed by atoms with Gasteiger partial charge in [-0.3, -0.25) is 5.73 Å². The van der Waals surface area contributed by atoms with Crippen LogP contribution in [0.3, 0.4) is 0 Å². The molecule has 54 valence electrons. The Morgan fingerprint density at radius 1 is 1.50 bits per heavy atom. The molecular formula is C6H9N3O. The third kappa shape index (κ3) is 1.66. The number of hydrogen-bond acceptors (Lipinski definition) is 4. The van der Waals surface area contributed by atoms with Crippen LogP contribution in [0.4, 0.5) is 0 Å². The minimum atomic E-state index is 0.159. The molecule has 1 aromatic heterocycles. The Balaban J connectivity index is 2.69. The highest BCUT2D eigenvalue weighted by Crippen LogP contribution is 2.03. The van der Waals surface area contributed by atoms with Gasteiger partial charge >= 0.3 is 0 Å². The zero-order chi connectivity index (χ0) is 7.40. The minimum Gasteiger partial charge on any atom is -0.475 e. The summed E-state index contributed by atoms with van der Waals surface area (Å²) in [7, 11) is 0. The summed E-state index contributed by atoms with van der Waals surface area (Å²) >= 11 is 0. The summed E-state index contributed by atoms with van der Waals surface area (Å²) in [6.45, 7) is 1.97. The summed E-state index contributed by atoms with van der Waals surface area (Å²) in [5.74, 6) is 1.33. The normalized spacial score (nSPS) is 9.40. The highest BCUT2D eigenvalue weighted by atomic mass is 16.5. The van der Waals surface area contributed by atoms with Gasteiger partial charge in [-0.05, 0) is 6.92 Å². The average Bonchev–Trinajstić information content (AvgIpc) is 1.95. The zero-order valence-electron chi connectivity index (χ0n) is 5.74. The van der Waals surface area contributed by atoms with E-state index in [1.807, 2.05) is 6.92 Å². The smallest absolute Gasteiger partial charge is 0.157 e. The van der Waals surface area contributed by atoms with Gasteiger partial charge in [0.05, 0.1) is 12.4 Å². The molecule has 0 aliphatic carbocycles. The number of nitrogens with zero attached hydrogens (tertiary/aromatic N) is 2. The van der Waals surface area contributed by atoms with Crippen LogP contribution in [0.2, 0.25) is 0 Å². The molecular weight excluding hydrogens is 130 g/mol. The Labute approximate surface area is 59.1 Å². The lowest BCUT2D eigenvalue weighted by atomic mass is 10.6. The molecule has 2 N–H and O–H groups in total. The molecule has 0 saturated carbocycles. The fourth-order valence-corrected chi connectivity index (χ4v) is 0.552. The lowest BCUT2D eigenvalue weighted by Crippen LogP contribution is -2.07. The monoisotopic (exact) mass is 139 g/mol. The molecule has 0 aliphatic heterocycles. The Kier molecular flexibility index (Phi) is 2.17. The fourth-order valence-electron chi connectivity index (χ4n) is 0.552. The van der Waals surface area contributed by atoms with Crippen LogP contribution in [0.1, 0.15) is 5.82 Å². The van der Waals surface area contributed by atoms with Crippen LogP contribution in [0.5, 0.6) is 5.75 Å². The van der Waals surface area contributed by atoms with E-state index in [0.717, 1.165) is 5.82 Å². The molecule has 1 rings (SSSR count). The van der Waals surface area contributed by atoms with E-state index < -0.39 is 0 Å². The predicted molar refractivity (Wildman–Crippen MR) is 36.5 cm³/mol. The van der Waals surface area contributed by atoms with Gasteiger partial charge in [0.2, 0.25) is 0 Å². The first kappa shape index (κ1) is 6.95. The topological polar surface area (TPSA) is 61.0 Å². The van der Waals surface area contributed by atoms with Gasteiger partial charge in [0.25, 0.3) is 0 Å². The SMILES string of the molecule is Cc1ncc(OCN)cn1. The van der Waals surface area contributed by atoms with Gasteiger partial charge in [-0.25, -0.2) is 9.97 Å². The summed E-state index contributed by atoms with van der Waals surface area (Å²) in [6, 6.07) is 0. The van der Waals surface area contributed by atoms with E-state index in [1.165, 1.54) is 0 Å². The first-order valence-electron chi connectivity index (χ1n) is 2.94. The molecule has 10 heavy (non-hydrogen) atoms. The van der Waals surface area contributed by atoms with E-state index in [2.05, 4.69) is 9.97 Å². The van der Waals surface area contributed by atoms with Crippen LogP contribution < -0.4 is 10.5 Å². The summed E-state index contributed by atoms with van der Waals surface area (Å²) in [6.07, 6.45) is 3.18. The van der Waals surface area contributed by atoms with Gasteiger partial charge in [0.1, 0.15) is 12.6 Å². The van der Waals surface area contributed by atoms with Crippen LogP contribution in [0.15, 0.2) is 12.4 Å². The molecule has 0 spiro atoms. The Bertz CT molecular complexity index is 197. The van der Waals surface area contributed by atoms with Crippen molar-refractivity contribution in [2.75, 3.05) is 6.73 Å². The summed E-state index contributed by atoms with van der Waals surface area (Å²) in [5.41, 5.74) is 5.12. The van der Waals surface area contributed by atoms with Crippen LogP contribution in [-0.4, -0.2) is 16.7 Å². The molecule has 0 amide bonds. The van der Waals surface area contributed by atoms with E-state index in [4.69, 9.17) is 10.5 Å². The molecule has 0 saturated heterocycles. The molecule has 4 nitrogen and oxygen atoms in total. The quantitative estimate of drug-likeness (QED) is 0.589. The number of rotatable bonds is 2. The third-order valence-corrected chi connectivity index (χ3v) is 1.01. The highest BCUT2D eigenvalue weighted by Gasteiger charge is 1.90. The second-order valence-electron chi connectivity index (χ2n) is 1.78. The first-order valence-corrected chi connectivity index (χ1v) is 2.94. The van der Waals surface area contributed by atoms with Crippen molar-refractivity contribution in [2.45, 2.75) is 6.92 Å². The van der Waals surface area contributed by atoms with E-state index in [0.29, 0.717) is 5.75 Å². The molecule has 0 aromatic carbocycles.